The molecule has 146 valence electrons. The Balaban J connectivity index is 1.65. The van der Waals surface area contributed by atoms with Crippen molar-refractivity contribution in [1.29, 1.82) is 0 Å². The molecule has 1 heterocycles. The molecule has 5 nitrogen and oxygen atoms in total. The zero-order valence-electron chi connectivity index (χ0n) is 16.4. The van der Waals surface area contributed by atoms with Crippen molar-refractivity contribution in [3.05, 3.63) is 0 Å². The maximum Gasteiger partial charge on any atom is 0.0907 e. The highest BCUT2D eigenvalue weighted by molar-refractivity contribution is 4.93. The van der Waals surface area contributed by atoms with E-state index in [-0.39, 0.29) is 24.4 Å². The van der Waals surface area contributed by atoms with Gasteiger partial charge < -0.3 is 24.2 Å². The van der Waals surface area contributed by atoms with Gasteiger partial charge in [0.25, 0.3) is 0 Å². The summed E-state index contributed by atoms with van der Waals surface area (Å²) in [6.07, 6.45) is 8.11. The number of methoxy groups -OCH3 is 3. The number of aliphatic hydroxyl groups is 1. The molecule has 9 atom stereocenters. The van der Waals surface area contributed by atoms with Gasteiger partial charge in [0.15, 0.2) is 0 Å². The number of rotatable bonds is 5. The van der Waals surface area contributed by atoms with Crippen molar-refractivity contribution in [2.45, 2.75) is 75.4 Å². The molecule has 0 amide bonds. The molecular weight excluding hydrogens is 318 g/mol. The molecule has 0 aromatic heterocycles. The third-order valence-electron chi connectivity index (χ3n) is 7.48. The minimum atomic E-state index is -0.292. The van der Waals surface area contributed by atoms with E-state index < -0.39 is 0 Å². The maximum atomic E-state index is 10.3. The standard InChI is InChI=1S/C20H37NO4/c1-21-8-7-14-11-19(24-3)20(25-4)12-15(14)16(21)9-13-5-6-18(23-2)17(22)10-13/h13-20,22H,5-12H2,1-4H3/p+1. The summed E-state index contributed by atoms with van der Waals surface area (Å²) < 4.78 is 16.9. The van der Waals surface area contributed by atoms with Crippen LogP contribution in [0.5, 0.6) is 0 Å². The second-order valence-electron chi connectivity index (χ2n) is 8.69. The van der Waals surface area contributed by atoms with Crippen LogP contribution in [-0.4, -0.2) is 70.5 Å². The lowest BCUT2D eigenvalue weighted by molar-refractivity contribution is -0.919. The Kier molecular flexibility index (Phi) is 6.77. The third kappa shape index (κ3) is 4.22. The molecule has 0 aromatic rings. The maximum absolute atomic E-state index is 10.3. The molecule has 0 spiro atoms. The van der Waals surface area contributed by atoms with Crippen molar-refractivity contribution >= 4 is 0 Å². The molecule has 1 saturated heterocycles. The normalized spacial score (nSPS) is 48.1. The van der Waals surface area contributed by atoms with Crippen LogP contribution in [0.2, 0.25) is 0 Å². The van der Waals surface area contributed by atoms with Crippen molar-refractivity contribution < 1.29 is 24.2 Å². The first-order valence-electron chi connectivity index (χ1n) is 10.2. The zero-order chi connectivity index (χ0) is 18.0. The average Bonchev–Trinajstić information content (AvgIpc) is 2.63. The largest absolute Gasteiger partial charge is 0.390 e. The van der Waals surface area contributed by atoms with Gasteiger partial charge in [0, 0.05) is 33.7 Å². The topological polar surface area (TPSA) is 52.4 Å². The van der Waals surface area contributed by atoms with Gasteiger partial charge in [-0.15, -0.1) is 0 Å². The number of piperidine rings is 1. The van der Waals surface area contributed by atoms with E-state index in [2.05, 4.69) is 7.05 Å². The first-order chi connectivity index (χ1) is 12.1. The van der Waals surface area contributed by atoms with Crippen LogP contribution in [0.1, 0.15) is 44.9 Å². The second-order valence-corrected chi connectivity index (χ2v) is 8.69. The summed E-state index contributed by atoms with van der Waals surface area (Å²) in [7, 11) is 7.73. The van der Waals surface area contributed by atoms with Gasteiger partial charge in [0.05, 0.1) is 44.1 Å². The van der Waals surface area contributed by atoms with Gasteiger partial charge in [-0.3, -0.25) is 0 Å². The third-order valence-corrected chi connectivity index (χ3v) is 7.48. The van der Waals surface area contributed by atoms with Crippen molar-refractivity contribution in [2.75, 3.05) is 34.9 Å². The molecule has 3 aliphatic rings. The first-order valence-corrected chi connectivity index (χ1v) is 10.2. The lowest BCUT2D eigenvalue weighted by Crippen LogP contribution is -3.15. The Morgan fingerprint density at radius 3 is 2.20 bits per heavy atom. The van der Waals surface area contributed by atoms with Crippen LogP contribution in [0, 0.1) is 17.8 Å². The Morgan fingerprint density at radius 2 is 1.56 bits per heavy atom. The van der Waals surface area contributed by atoms with E-state index in [1.165, 1.54) is 25.8 Å². The molecule has 25 heavy (non-hydrogen) atoms. The molecule has 5 heteroatoms. The number of nitrogens with one attached hydrogen (secondary N) is 1. The molecule has 0 aromatic carbocycles. The van der Waals surface area contributed by atoms with Gasteiger partial charge in [-0.2, -0.15) is 0 Å². The molecule has 3 rings (SSSR count). The Labute approximate surface area is 153 Å². The number of ether oxygens (including phenoxy) is 3. The van der Waals surface area contributed by atoms with Gasteiger partial charge in [-0.05, 0) is 50.4 Å². The quantitative estimate of drug-likeness (QED) is 0.768. The van der Waals surface area contributed by atoms with E-state index in [0.717, 1.165) is 37.5 Å². The molecule has 2 N–H and O–H groups in total. The lowest BCUT2D eigenvalue weighted by atomic mass is 9.66. The molecule has 2 saturated carbocycles. The predicted octanol–water partition coefficient (Wildman–Crippen LogP) is 0.896. The summed E-state index contributed by atoms with van der Waals surface area (Å²) in [5, 5.41) is 10.3. The van der Waals surface area contributed by atoms with Crippen molar-refractivity contribution in [1.82, 2.24) is 0 Å². The number of quaternary nitrogens is 1. The van der Waals surface area contributed by atoms with E-state index in [4.69, 9.17) is 14.2 Å². The minimum Gasteiger partial charge on any atom is -0.390 e. The fourth-order valence-corrected chi connectivity index (χ4v) is 5.95. The second kappa shape index (κ2) is 8.66. The van der Waals surface area contributed by atoms with Gasteiger partial charge in [0.1, 0.15) is 0 Å². The number of likely N-dealkylation sites (tertiary alicyclic amines) is 1. The van der Waals surface area contributed by atoms with Gasteiger partial charge in [-0.25, -0.2) is 0 Å². The highest BCUT2D eigenvalue weighted by Gasteiger charge is 2.47. The summed E-state index contributed by atoms with van der Waals surface area (Å²) >= 11 is 0. The highest BCUT2D eigenvalue weighted by Crippen LogP contribution is 2.40. The Bertz CT molecular complexity index is 421. The molecule has 0 radical (unpaired) electrons. The summed E-state index contributed by atoms with van der Waals surface area (Å²) in [4.78, 5) is 1.68. The van der Waals surface area contributed by atoms with Crippen LogP contribution in [0.4, 0.5) is 0 Å². The van der Waals surface area contributed by atoms with Crippen LogP contribution in [-0.2, 0) is 14.2 Å². The Hall–Kier alpha value is -0.200. The highest BCUT2D eigenvalue weighted by atomic mass is 16.5. The molecular formula is C20H38NO4+. The summed E-state index contributed by atoms with van der Waals surface area (Å²) in [5.41, 5.74) is 0. The van der Waals surface area contributed by atoms with E-state index in [0.29, 0.717) is 12.0 Å². The zero-order valence-corrected chi connectivity index (χ0v) is 16.4. The van der Waals surface area contributed by atoms with Crippen LogP contribution >= 0.6 is 0 Å². The van der Waals surface area contributed by atoms with E-state index in [9.17, 15) is 5.11 Å². The van der Waals surface area contributed by atoms with Crippen LogP contribution in [0.15, 0.2) is 0 Å². The number of hydrogen-bond donors (Lipinski definition) is 2. The first kappa shape index (κ1) is 19.6. The van der Waals surface area contributed by atoms with Crippen molar-refractivity contribution in [3.63, 3.8) is 0 Å². The summed E-state index contributed by atoms with van der Waals surface area (Å²) in [6, 6.07) is 0.686. The predicted molar refractivity (Wildman–Crippen MR) is 96.7 cm³/mol. The van der Waals surface area contributed by atoms with Crippen LogP contribution < -0.4 is 4.90 Å². The van der Waals surface area contributed by atoms with E-state index in [1.807, 2.05) is 14.2 Å². The number of aliphatic hydroxyl groups excluding tert-OH is 1. The van der Waals surface area contributed by atoms with E-state index in [1.54, 1.807) is 12.0 Å². The molecule has 1 aliphatic heterocycles. The Morgan fingerprint density at radius 1 is 0.880 bits per heavy atom. The minimum absolute atomic E-state index is 0.0374. The molecule has 2 aliphatic carbocycles. The van der Waals surface area contributed by atoms with Crippen LogP contribution in [0.3, 0.4) is 0 Å². The number of fused-ring (bicyclic) bond motifs is 1. The molecule has 0 bridgehead atoms. The van der Waals surface area contributed by atoms with Crippen molar-refractivity contribution in [3.8, 4) is 0 Å². The SMILES string of the molecule is COC1CCC(CC2C3CC(OC)C(OC)CC3CC[NH+]2C)CC1O. The lowest BCUT2D eigenvalue weighted by Gasteiger charge is -2.49. The molecule has 3 fully saturated rings. The van der Waals surface area contributed by atoms with E-state index >= 15 is 0 Å². The fourth-order valence-electron chi connectivity index (χ4n) is 5.95. The average molecular weight is 357 g/mol. The van der Waals surface area contributed by atoms with Gasteiger partial charge >= 0.3 is 0 Å². The van der Waals surface area contributed by atoms with Crippen molar-refractivity contribution in [2.24, 2.45) is 17.8 Å². The monoisotopic (exact) mass is 356 g/mol. The number of hydrogen-bond acceptors (Lipinski definition) is 4. The molecule has 9 unspecified atom stereocenters. The van der Waals surface area contributed by atoms with Crippen LogP contribution in [0.25, 0.3) is 0 Å². The smallest absolute Gasteiger partial charge is 0.0907 e. The summed E-state index contributed by atoms with van der Waals surface area (Å²) in [6.45, 7) is 1.26. The van der Waals surface area contributed by atoms with Gasteiger partial charge in [0.2, 0.25) is 0 Å². The summed E-state index contributed by atoms with van der Waals surface area (Å²) in [5.74, 6) is 2.12. The van der Waals surface area contributed by atoms with Gasteiger partial charge in [-0.1, -0.05) is 0 Å². The fraction of sp³-hybridized carbons (Fsp3) is 1.00.